The number of hydrogen-bond acceptors (Lipinski definition) is 6. The number of halogens is 1. The van der Waals surface area contributed by atoms with Crippen molar-refractivity contribution in [2.24, 2.45) is 4.99 Å². The van der Waals surface area contributed by atoms with E-state index in [0.29, 0.717) is 29.5 Å². The van der Waals surface area contributed by atoms with E-state index in [4.69, 9.17) is 16.3 Å². The van der Waals surface area contributed by atoms with E-state index in [2.05, 4.69) is 20.3 Å². The van der Waals surface area contributed by atoms with Crippen LogP contribution in [0.4, 0.5) is 0 Å². The van der Waals surface area contributed by atoms with Crippen LogP contribution in [0.2, 0.25) is 5.02 Å². The van der Waals surface area contributed by atoms with Gasteiger partial charge in [0.15, 0.2) is 0 Å². The summed E-state index contributed by atoms with van der Waals surface area (Å²) >= 11 is 5.99. The molecule has 1 aromatic carbocycles. The van der Waals surface area contributed by atoms with Crippen LogP contribution in [0.5, 0.6) is 5.75 Å². The third-order valence-corrected chi connectivity index (χ3v) is 5.72. The number of allylic oxidation sites excluding steroid dienone is 1. The van der Waals surface area contributed by atoms with Gasteiger partial charge < -0.3 is 10.1 Å². The van der Waals surface area contributed by atoms with Crippen LogP contribution in [-0.4, -0.2) is 32.2 Å². The maximum atomic E-state index is 13.0. The molecule has 0 saturated heterocycles. The molecule has 2 aromatic heterocycles. The van der Waals surface area contributed by atoms with Crippen molar-refractivity contribution in [1.29, 1.82) is 0 Å². The van der Waals surface area contributed by atoms with Crippen LogP contribution in [0, 0.1) is 0 Å². The highest BCUT2D eigenvalue weighted by Crippen LogP contribution is 2.19. The molecule has 0 aliphatic heterocycles. The summed E-state index contributed by atoms with van der Waals surface area (Å²) in [6, 6.07) is 10.6. The summed E-state index contributed by atoms with van der Waals surface area (Å²) in [5, 5.41) is 3.67. The van der Waals surface area contributed by atoms with Crippen molar-refractivity contribution >= 4 is 11.6 Å². The lowest BCUT2D eigenvalue weighted by Crippen LogP contribution is -2.50. The molecule has 0 radical (unpaired) electrons. The van der Waals surface area contributed by atoms with Gasteiger partial charge in [-0.15, -0.1) is 0 Å². The van der Waals surface area contributed by atoms with Gasteiger partial charge in [0.05, 0.1) is 18.3 Å². The molecule has 0 amide bonds. The molecule has 0 fully saturated rings. The van der Waals surface area contributed by atoms with Gasteiger partial charge in [-0.1, -0.05) is 29.8 Å². The van der Waals surface area contributed by atoms with Gasteiger partial charge in [0.25, 0.3) is 0 Å². The van der Waals surface area contributed by atoms with E-state index in [0.717, 1.165) is 15.8 Å². The Hall–Kier alpha value is -3.69. The molecule has 1 aliphatic carbocycles. The van der Waals surface area contributed by atoms with Crippen molar-refractivity contribution in [3.63, 3.8) is 0 Å². The minimum Gasteiger partial charge on any atom is -0.458 e. The van der Waals surface area contributed by atoms with E-state index >= 15 is 0 Å². The van der Waals surface area contributed by atoms with Gasteiger partial charge in [0.1, 0.15) is 11.5 Å². The van der Waals surface area contributed by atoms with E-state index in [1.807, 2.05) is 43.5 Å². The summed E-state index contributed by atoms with van der Waals surface area (Å²) in [6.07, 6.45) is 7.93. The fraction of sp³-hybridized carbons (Fsp3) is 0.280. The molecular formula is C25H27ClN6O3. The largest absolute Gasteiger partial charge is 0.458 e. The Morgan fingerprint density at radius 3 is 2.71 bits per heavy atom. The highest BCUT2D eigenvalue weighted by Gasteiger charge is 2.13. The number of ether oxygens (including phenoxy) is 1. The Morgan fingerprint density at radius 1 is 1.23 bits per heavy atom. The van der Waals surface area contributed by atoms with E-state index in [1.165, 1.54) is 4.57 Å². The van der Waals surface area contributed by atoms with Gasteiger partial charge in [-0.2, -0.15) is 0 Å². The first kappa shape index (κ1) is 24.4. The second kappa shape index (κ2) is 11.2. The van der Waals surface area contributed by atoms with Gasteiger partial charge >= 0.3 is 11.4 Å². The molecule has 2 N–H and O–H groups in total. The average Bonchev–Trinajstić information content (AvgIpc) is 2.85. The summed E-state index contributed by atoms with van der Waals surface area (Å²) in [6.45, 7) is 2.91. The second-order valence-corrected chi connectivity index (χ2v) is 8.44. The molecule has 9 nitrogen and oxygen atoms in total. The number of hydrogen-bond donors (Lipinski definition) is 2. The van der Waals surface area contributed by atoms with Crippen molar-refractivity contribution in [3.8, 4) is 5.75 Å². The monoisotopic (exact) mass is 494 g/mol. The van der Waals surface area contributed by atoms with E-state index in [9.17, 15) is 9.59 Å². The summed E-state index contributed by atoms with van der Waals surface area (Å²) in [5.74, 6) is 1.40. The SMILES string of the molecule is CCn1c(=O)[nH]/c(=N\C2C=CC(Oc3ccnc(CNC)c3)=CC2)n(Cc2ccc(Cl)cc2)c1=O. The van der Waals surface area contributed by atoms with Gasteiger partial charge in [-0.25, -0.2) is 19.1 Å². The quantitative estimate of drug-likeness (QED) is 0.500. The number of rotatable bonds is 8. The van der Waals surface area contributed by atoms with Gasteiger partial charge in [0.2, 0.25) is 5.62 Å². The predicted octanol–water partition coefficient (Wildman–Crippen LogP) is 2.37. The standard InChI is InChI=1S/C25H27ClN6O3/c1-3-31-24(33)30-23(32(25(31)34)16-17-4-6-18(26)7-5-17)29-19-8-10-21(11-9-19)35-22-12-13-28-20(14-22)15-27-2/h4-8,10-14,19,27H,3,9,15-16H2,1-2H3,(H,29,30,33). The number of nitrogens with zero attached hydrogens (tertiary/aromatic N) is 4. The molecule has 0 bridgehead atoms. The Bertz CT molecular complexity index is 1430. The van der Waals surface area contributed by atoms with E-state index in [-0.39, 0.29) is 24.7 Å². The summed E-state index contributed by atoms with van der Waals surface area (Å²) in [5.41, 5.74) is 1.07. The first-order valence-corrected chi connectivity index (χ1v) is 11.7. The molecule has 1 aliphatic rings. The first-order valence-electron chi connectivity index (χ1n) is 11.3. The number of aromatic amines is 1. The predicted molar refractivity (Wildman–Crippen MR) is 134 cm³/mol. The highest BCUT2D eigenvalue weighted by molar-refractivity contribution is 6.30. The normalized spacial score (nSPS) is 15.8. The van der Waals surface area contributed by atoms with Crippen LogP contribution in [0.25, 0.3) is 0 Å². The molecule has 35 heavy (non-hydrogen) atoms. The van der Waals surface area contributed by atoms with Crippen molar-refractivity contribution in [2.45, 2.75) is 39.0 Å². The first-order chi connectivity index (χ1) is 17.0. The van der Waals surface area contributed by atoms with Gasteiger partial charge in [0, 0.05) is 30.4 Å². The van der Waals surface area contributed by atoms with Crippen LogP contribution >= 0.6 is 11.6 Å². The molecule has 182 valence electrons. The second-order valence-electron chi connectivity index (χ2n) is 8.01. The van der Waals surface area contributed by atoms with Crippen LogP contribution in [0.15, 0.2) is 81.2 Å². The van der Waals surface area contributed by atoms with Crippen LogP contribution < -0.4 is 27.1 Å². The fourth-order valence-corrected chi connectivity index (χ4v) is 3.83. The average molecular weight is 495 g/mol. The number of H-pyrrole nitrogens is 1. The number of pyridine rings is 1. The molecule has 2 heterocycles. The van der Waals surface area contributed by atoms with Crippen molar-refractivity contribution in [2.75, 3.05) is 7.05 Å². The van der Waals surface area contributed by atoms with Gasteiger partial charge in [-0.05, 0) is 56.3 Å². The lowest BCUT2D eigenvalue weighted by molar-refractivity contribution is 0.435. The Labute approximate surface area is 207 Å². The van der Waals surface area contributed by atoms with Crippen LogP contribution in [0.1, 0.15) is 24.6 Å². The number of nitrogens with one attached hydrogen (secondary N) is 2. The molecule has 0 saturated carbocycles. The summed E-state index contributed by atoms with van der Waals surface area (Å²) < 4.78 is 8.58. The molecule has 4 rings (SSSR count). The number of benzene rings is 1. The topological polar surface area (TPSA) is 106 Å². The molecule has 10 heteroatoms. The lowest BCUT2D eigenvalue weighted by atomic mass is 10.1. The van der Waals surface area contributed by atoms with E-state index < -0.39 is 11.4 Å². The molecule has 0 spiro atoms. The van der Waals surface area contributed by atoms with Gasteiger partial charge in [-0.3, -0.25) is 14.5 Å². The third-order valence-electron chi connectivity index (χ3n) is 5.46. The summed E-state index contributed by atoms with van der Waals surface area (Å²) in [7, 11) is 1.86. The summed E-state index contributed by atoms with van der Waals surface area (Å²) in [4.78, 5) is 37.2. The Balaban J connectivity index is 1.59. The maximum absolute atomic E-state index is 13.0. The minimum absolute atomic E-state index is 0.220. The zero-order chi connectivity index (χ0) is 24.8. The zero-order valence-electron chi connectivity index (χ0n) is 19.6. The van der Waals surface area contributed by atoms with Crippen LogP contribution in [0.3, 0.4) is 0 Å². The van der Waals surface area contributed by atoms with Crippen molar-refractivity contribution in [1.82, 2.24) is 24.4 Å². The minimum atomic E-state index is -0.488. The number of aromatic nitrogens is 4. The maximum Gasteiger partial charge on any atom is 0.335 e. The zero-order valence-corrected chi connectivity index (χ0v) is 20.3. The molecular weight excluding hydrogens is 468 g/mol. The Morgan fingerprint density at radius 2 is 2.03 bits per heavy atom. The van der Waals surface area contributed by atoms with Crippen molar-refractivity contribution in [3.05, 3.63) is 109 Å². The molecule has 1 unspecified atom stereocenters. The molecule has 1 atom stereocenters. The van der Waals surface area contributed by atoms with Crippen molar-refractivity contribution < 1.29 is 4.74 Å². The van der Waals surface area contributed by atoms with E-state index in [1.54, 1.807) is 31.3 Å². The lowest BCUT2D eigenvalue weighted by Gasteiger charge is -2.15. The highest BCUT2D eigenvalue weighted by atomic mass is 35.5. The molecule has 3 aromatic rings. The smallest absolute Gasteiger partial charge is 0.335 e. The van der Waals surface area contributed by atoms with Crippen LogP contribution in [-0.2, 0) is 19.6 Å². The third kappa shape index (κ3) is 6.06. The fourth-order valence-electron chi connectivity index (χ4n) is 3.70. The Kier molecular flexibility index (Phi) is 7.79.